The smallest absolute Gasteiger partial charge is 0.178 e. The molecule has 0 spiro atoms. The fourth-order valence-electron chi connectivity index (χ4n) is 1.93. The first-order chi connectivity index (χ1) is 8.09. The van der Waals surface area contributed by atoms with Gasteiger partial charge in [-0.3, -0.25) is 4.79 Å². The number of Topliss-reactive ketones (excluding diaryl/α,β-unsaturated/α-hetero) is 1. The molecule has 3 heteroatoms. The van der Waals surface area contributed by atoms with Crippen molar-refractivity contribution in [1.29, 1.82) is 0 Å². The molecule has 2 aromatic rings. The van der Waals surface area contributed by atoms with Gasteiger partial charge in [-0.15, -0.1) is 0 Å². The van der Waals surface area contributed by atoms with Gasteiger partial charge in [0, 0.05) is 28.7 Å². The van der Waals surface area contributed by atoms with Crippen molar-refractivity contribution >= 4 is 16.7 Å². The standard InChI is InChI=1S/C14H18N2O/c1-9(2)15-8-13(17)12-7-16-14-10(3)5-4-6-11(12)14/h4-7,9,15-16H,8H2,1-3H3. The zero-order valence-corrected chi connectivity index (χ0v) is 10.5. The highest BCUT2D eigenvalue weighted by atomic mass is 16.1. The van der Waals surface area contributed by atoms with Crippen molar-refractivity contribution in [2.45, 2.75) is 26.8 Å². The predicted octanol–water partition coefficient (Wildman–Crippen LogP) is 2.66. The molecule has 0 bridgehead atoms. The second kappa shape index (κ2) is 4.72. The molecule has 0 atom stereocenters. The Morgan fingerprint density at radius 1 is 1.41 bits per heavy atom. The lowest BCUT2D eigenvalue weighted by Crippen LogP contribution is -2.29. The van der Waals surface area contributed by atoms with Crippen molar-refractivity contribution < 1.29 is 4.79 Å². The largest absolute Gasteiger partial charge is 0.360 e. The van der Waals surface area contributed by atoms with E-state index < -0.39 is 0 Å². The van der Waals surface area contributed by atoms with E-state index in [-0.39, 0.29) is 5.78 Å². The molecule has 0 fully saturated rings. The van der Waals surface area contributed by atoms with Crippen molar-refractivity contribution in [1.82, 2.24) is 10.3 Å². The van der Waals surface area contributed by atoms with Crippen LogP contribution in [0.15, 0.2) is 24.4 Å². The molecule has 17 heavy (non-hydrogen) atoms. The number of nitrogens with one attached hydrogen (secondary N) is 2. The Balaban J connectivity index is 2.30. The second-order valence-corrected chi connectivity index (χ2v) is 4.66. The predicted molar refractivity (Wildman–Crippen MR) is 70.5 cm³/mol. The normalized spacial score (nSPS) is 11.3. The summed E-state index contributed by atoms with van der Waals surface area (Å²) >= 11 is 0. The molecule has 90 valence electrons. The number of carbonyl (C=O) groups is 1. The topological polar surface area (TPSA) is 44.9 Å². The summed E-state index contributed by atoms with van der Waals surface area (Å²) in [5.41, 5.74) is 3.00. The summed E-state index contributed by atoms with van der Waals surface area (Å²) in [6.07, 6.45) is 1.81. The van der Waals surface area contributed by atoms with Gasteiger partial charge in [0.2, 0.25) is 0 Å². The van der Waals surface area contributed by atoms with E-state index in [1.807, 2.05) is 45.2 Å². The van der Waals surface area contributed by atoms with Gasteiger partial charge < -0.3 is 10.3 Å². The number of H-pyrrole nitrogens is 1. The maximum absolute atomic E-state index is 12.1. The first-order valence-corrected chi connectivity index (χ1v) is 5.93. The van der Waals surface area contributed by atoms with Gasteiger partial charge in [-0.1, -0.05) is 32.0 Å². The number of aromatic amines is 1. The highest BCUT2D eigenvalue weighted by Crippen LogP contribution is 2.21. The van der Waals surface area contributed by atoms with Crippen LogP contribution in [-0.2, 0) is 0 Å². The molecule has 1 aromatic carbocycles. The Hall–Kier alpha value is -1.61. The minimum Gasteiger partial charge on any atom is -0.360 e. The molecule has 0 saturated carbocycles. The summed E-state index contributed by atoms with van der Waals surface area (Å²) in [6, 6.07) is 6.34. The van der Waals surface area contributed by atoms with E-state index in [0.29, 0.717) is 12.6 Å². The summed E-state index contributed by atoms with van der Waals surface area (Å²) in [5, 5.41) is 4.16. The van der Waals surface area contributed by atoms with Crippen molar-refractivity contribution in [3.05, 3.63) is 35.5 Å². The second-order valence-electron chi connectivity index (χ2n) is 4.66. The number of para-hydroxylation sites is 1. The molecule has 0 aliphatic rings. The number of fused-ring (bicyclic) bond motifs is 1. The van der Waals surface area contributed by atoms with Gasteiger partial charge in [-0.05, 0) is 12.5 Å². The molecule has 1 aromatic heterocycles. The van der Waals surface area contributed by atoms with Crippen LogP contribution in [0, 0.1) is 6.92 Å². The molecule has 0 amide bonds. The molecule has 0 saturated heterocycles. The molecule has 2 rings (SSSR count). The van der Waals surface area contributed by atoms with Gasteiger partial charge >= 0.3 is 0 Å². The highest BCUT2D eigenvalue weighted by molar-refractivity contribution is 6.09. The SMILES string of the molecule is Cc1cccc2c(C(=O)CNC(C)C)c[nH]c12. The first kappa shape index (κ1) is 11.9. The average Bonchev–Trinajstić information content (AvgIpc) is 2.71. The Bertz CT molecular complexity index is 540. The van der Waals surface area contributed by atoms with E-state index in [2.05, 4.69) is 10.3 Å². The third kappa shape index (κ3) is 2.39. The first-order valence-electron chi connectivity index (χ1n) is 5.93. The van der Waals surface area contributed by atoms with Crippen LogP contribution in [0.1, 0.15) is 29.8 Å². The number of ketones is 1. The van der Waals surface area contributed by atoms with Crippen molar-refractivity contribution in [2.75, 3.05) is 6.54 Å². The van der Waals surface area contributed by atoms with Gasteiger partial charge in [-0.2, -0.15) is 0 Å². The Morgan fingerprint density at radius 3 is 2.88 bits per heavy atom. The van der Waals surface area contributed by atoms with Crippen molar-refractivity contribution in [2.24, 2.45) is 0 Å². The number of hydrogen-bond donors (Lipinski definition) is 2. The number of hydrogen-bond acceptors (Lipinski definition) is 2. The van der Waals surface area contributed by atoms with E-state index >= 15 is 0 Å². The quantitative estimate of drug-likeness (QED) is 0.793. The zero-order valence-electron chi connectivity index (χ0n) is 10.5. The molecule has 0 aliphatic carbocycles. The van der Waals surface area contributed by atoms with Gasteiger partial charge in [0.25, 0.3) is 0 Å². The highest BCUT2D eigenvalue weighted by Gasteiger charge is 2.12. The Morgan fingerprint density at radius 2 is 2.18 bits per heavy atom. The number of aromatic nitrogens is 1. The average molecular weight is 230 g/mol. The molecular weight excluding hydrogens is 212 g/mol. The number of carbonyl (C=O) groups excluding carboxylic acids is 1. The molecule has 1 heterocycles. The summed E-state index contributed by atoms with van der Waals surface area (Å²) in [4.78, 5) is 15.2. The maximum atomic E-state index is 12.1. The molecule has 0 aliphatic heterocycles. The zero-order chi connectivity index (χ0) is 12.4. The minimum atomic E-state index is 0.135. The van der Waals surface area contributed by atoms with E-state index in [1.54, 1.807) is 0 Å². The van der Waals surface area contributed by atoms with Crippen LogP contribution in [0.25, 0.3) is 10.9 Å². The molecule has 0 radical (unpaired) electrons. The third-order valence-corrected chi connectivity index (χ3v) is 2.90. The van der Waals surface area contributed by atoms with Crippen LogP contribution >= 0.6 is 0 Å². The minimum absolute atomic E-state index is 0.135. The van der Waals surface area contributed by atoms with Gasteiger partial charge in [0.1, 0.15) is 0 Å². The lowest BCUT2D eigenvalue weighted by molar-refractivity contribution is 0.0990. The van der Waals surface area contributed by atoms with E-state index in [1.165, 1.54) is 5.56 Å². The summed E-state index contributed by atoms with van der Waals surface area (Å²) in [6.45, 7) is 6.50. The maximum Gasteiger partial charge on any atom is 0.178 e. The molecule has 0 unspecified atom stereocenters. The fourth-order valence-corrected chi connectivity index (χ4v) is 1.93. The molecule has 2 N–H and O–H groups in total. The van der Waals surface area contributed by atoms with E-state index in [9.17, 15) is 4.79 Å². The van der Waals surface area contributed by atoms with Gasteiger partial charge in [0.05, 0.1) is 6.54 Å². The fraction of sp³-hybridized carbons (Fsp3) is 0.357. The van der Waals surface area contributed by atoms with Crippen molar-refractivity contribution in [3.8, 4) is 0 Å². The summed E-state index contributed by atoms with van der Waals surface area (Å²) in [5.74, 6) is 0.135. The third-order valence-electron chi connectivity index (χ3n) is 2.90. The van der Waals surface area contributed by atoms with Crippen LogP contribution in [-0.4, -0.2) is 23.4 Å². The summed E-state index contributed by atoms with van der Waals surface area (Å²) in [7, 11) is 0. The number of aryl methyl sites for hydroxylation is 1. The van der Waals surface area contributed by atoms with Gasteiger partial charge in [0.15, 0.2) is 5.78 Å². The Labute approximate surface area is 101 Å². The monoisotopic (exact) mass is 230 g/mol. The number of rotatable bonds is 4. The lowest BCUT2D eigenvalue weighted by atomic mass is 10.1. The summed E-state index contributed by atoms with van der Waals surface area (Å²) < 4.78 is 0. The van der Waals surface area contributed by atoms with Crippen molar-refractivity contribution in [3.63, 3.8) is 0 Å². The number of benzene rings is 1. The van der Waals surface area contributed by atoms with Crippen LogP contribution in [0.4, 0.5) is 0 Å². The molecular formula is C14H18N2O. The van der Waals surface area contributed by atoms with Crippen LogP contribution < -0.4 is 5.32 Å². The van der Waals surface area contributed by atoms with Crippen LogP contribution in [0.3, 0.4) is 0 Å². The van der Waals surface area contributed by atoms with Gasteiger partial charge in [-0.25, -0.2) is 0 Å². The lowest BCUT2D eigenvalue weighted by Gasteiger charge is -2.06. The Kier molecular flexibility index (Phi) is 3.29. The van der Waals surface area contributed by atoms with Crippen LogP contribution in [0.5, 0.6) is 0 Å². The van der Waals surface area contributed by atoms with E-state index in [0.717, 1.165) is 16.5 Å². The van der Waals surface area contributed by atoms with E-state index in [4.69, 9.17) is 0 Å². The van der Waals surface area contributed by atoms with Crippen LogP contribution in [0.2, 0.25) is 0 Å². The molecule has 3 nitrogen and oxygen atoms in total.